The van der Waals surface area contributed by atoms with E-state index in [0.717, 1.165) is 0 Å². The van der Waals surface area contributed by atoms with Crippen molar-refractivity contribution in [2.75, 3.05) is 45.5 Å². The Morgan fingerprint density at radius 2 is 1.88 bits per heavy atom. The molecule has 0 aromatic rings. The van der Waals surface area contributed by atoms with Crippen molar-refractivity contribution < 1.29 is 26.4 Å². The van der Waals surface area contributed by atoms with Crippen LogP contribution in [0.2, 0.25) is 0 Å². The van der Waals surface area contributed by atoms with Gasteiger partial charge < -0.3 is 9.26 Å². The maximum absolute atomic E-state index is 11.1. The summed E-state index contributed by atoms with van der Waals surface area (Å²) in [6.07, 6.45) is 4.86. The minimum Gasteiger partial charge on any atom is -0.378 e. The van der Waals surface area contributed by atoms with Gasteiger partial charge in [-0.3, -0.25) is 8.75 Å². The molecule has 0 rings (SSSR count). The van der Waals surface area contributed by atoms with Gasteiger partial charge in [0.25, 0.3) is 10.1 Å². The fourth-order valence-electron chi connectivity index (χ4n) is 0.762. The first kappa shape index (κ1) is 16.6. The van der Waals surface area contributed by atoms with Crippen LogP contribution in [-0.2, 0) is 28.1 Å². The van der Waals surface area contributed by atoms with E-state index in [9.17, 15) is 13.0 Å². The van der Waals surface area contributed by atoms with E-state index in [1.165, 1.54) is 13.3 Å². The SMILES string of the molecule is C#CCOS(=O)(=O)CCOCCOP(C)(C)=O. The molecule has 0 aromatic carbocycles. The van der Waals surface area contributed by atoms with Gasteiger partial charge in [-0.15, -0.1) is 6.42 Å². The Morgan fingerprint density at radius 1 is 1.24 bits per heavy atom. The van der Waals surface area contributed by atoms with Crippen LogP contribution in [0.1, 0.15) is 0 Å². The third-order valence-electron chi connectivity index (χ3n) is 1.43. The van der Waals surface area contributed by atoms with Crippen molar-refractivity contribution in [1.29, 1.82) is 0 Å². The monoisotopic (exact) mass is 284 g/mol. The molecule has 0 saturated heterocycles. The molecule has 0 aromatic heterocycles. The van der Waals surface area contributed by atoms with Crippen LogP contribution in [0.5, 0.6) is 0 Å². The molecule has 0 aliphatic rings. The number of hydrogen-bond acceptors (Lipinski definition) is 6. The van der Waals surface area contributed by atoms with Crippen molar-refractivity contribution in [3.05, 3.63) is 0 Å². The molecule has 0 radical (unpaired) electrons. The predicted molar refractivity (Wildman–Crippen MR) is 64.8 cm³/mol. The van der Waals surface area contributed by atoms with Gasteiger partial charge in [0.05, 0.1) is 25.6 Å². The summed E-state index contributed by atoms with van der Waals surface area (Å²) < 4.78 is 47.7. The molecule has 0 heterocycles. The summed E-state index contributed by atoms with van der Waals surface area (Å²) in [6, 6.07) is 0. The maximum atomic E-state index is 11.1. The molecule has 17 heavy (non-hydrogen) atoms. The average Bonchev–Trinajstić information content (AvgIpc) is 2.19. The molecule has 0 aliphatic carbocycles. The van der Waals surface area contributed by atoms with Crippen LogP contribution in [-0.4, -0.2) is 53.9 Å². The van der Waals surface area contributed by atoms with Crippen LogP contribution in [0.3, 0.4) is 0 Å². The van der Waals surface area contributed by atoms with E-state index in [0.29, 0.717) is 0 Å². The van der Waals surface area contributed by atoms with Crippen LogP contribution in [0.25, 0.3) is 0 Å². The first-order valence-corrected chi connectivity index (χ1v) is 8.94. The van der Waals surface area contributed by atoms with Crippen molar-refractivity contribution in [3.63, 3.8) is 0 Å². The normalized spacial score (nSPS) is 12.3. The Kier molecular flexibility index (Phi) is 7.68. The lowest BCUT2D eigenvalue weighted by Gasteiger charge is -2.08. The second-order valence-corrected chi connectivity index (χ2v) is 7.95. The largest absolute Gasteiger partial charge is 0.378 e. The highest BCUT2D eigenvalue weighted by Gasteiger charge is 2.10. The summed E-state index contributed by atoms with van der Waals surface area (Å²) in [5.74, 6) is 1.78. The minimum absolute atomic E-state index is 0.0198. The Bertz CT molecular complexity index is 390. The molecule has 0 saturated carbocycles. The van der Waals surface area contributed by atoms with Crippen molar-refractivity contribution >= 4 is 17.5 Å². The summed E-state index contributed by atoms with van der Waals surface area (Å²) >= 11 is 0. The summed E-state index contributed by atoms with van der Waals surface area (Å²) in [5.41, 5.74) is 0. The molecule has 0 fully saturated rings. The van der Waals surface area contributed by atoms with Gasteiger partial charge in [-0.1, -0.05) is 5.92 Å². The van der Waals surface area contributed by atoms with E-state index < -0.39 is 17.5 Å². The number of hydrogen-bond donors (Lipinski definition) is 0. The fraction of sp³-hybridized carbons (Fsp3) is 0.778. The maximum Gasteiger partial charge on any atom is 0.270 e. The van der Waals surface area contributed by atoms with Crippen molar-refractivity contribution in [3.8, 4) is 12.3 Å². The molecule has 0 unspecified atom stereocenters. The lowest BCUT2D eigenvalue weighted by atomic mass is 10.7. The molecule has 0 amide bonds. The summed E-state index contributed by atoms with van der Waals surface area (Å²) in [4.78, 5) is 0. The number of terminal acetylenes is 1. The molecule has 100 valence electrons. The Morgan fingerprint density at radius 3 is 2.41 bits per heavy atom. The van der Waals surface area contributed by atoms with Crippen LogP contribution < -0.4 is 0 Å². The van der Waals surface area contributed by atoms with Crippen LogP contribution in [0.15, 0.2) is 0 Å². The molecular formula is C9H17O6PS. The first-order chi connectivity index (χ1) is 7.77. The Labute approximate surface area is 102 Å². The van der Waals surface area contributed by atoms with Gasteiger partial charge in [0.15, 0.2) is 7.37 Å². The molecule has 0 aliphatic heterocycles. The zero-order valence-corrected chi connectivity index (χ0v) is 11.6. The minimum atomic E-state index is -3.62. The van der Waals surface area contributed by atoms with Gasteiger partial charge >= 0.3 is 0 Å². The molecule has 0 atom stereocenters. The van der Waals surface area contributed by atoms with E-state index in [4.69, 9.17) is 15.7 Å². The molecular weight excluding hydrogens is 267 g/mol. The summed E-state index contributed by atoms with van der Waals surface area (Å²) in [5, 5.41) is 0. The van der Waals surface area contributed by atoms with Crippen LogP contribution >= 0.6 is 7.37 Å². The first-order valence-electron chi connectivity index (χ1n) is 4.85. The topological polar surface area (TPSA) is 78.9 Å². The van der Waals surface area contributed by atoms with Crippen molar-refractivity contribution in [2.45, 2.75) is 0 Å². The van der Waals surface area contributed by atoms with Crippen LogP contribution in [0, 0.1) is 12.3 Å². The van der Waals surface area contributed by atoms with Gasteiger partial charge in [0.2, 0.25) is 0 Å². The lowest BCUT2D eigenvalue weighted by molar-refractivity contribution is 0.112. The Hall–Kier alpha value is -0.380. The van der Waals surface area contributed by atoms with E-state index in [2.05, 4.69) is 10.1 Å². The van der Waals surface area contributed by atoms with Gasteiger partial charge in [-0.2, -0.15) is 8.42 Å². The average molecular weight is 284 g/mol. The third kappa shape index (κ3) is 11.9. The summed E-state index contributed by atoms with van der Waals surface area (Å²) in [7, 11) is -6.13. The fourth-order valence-corrected chi connectivity index (χ4v) is 1.96. The van der Waals surface area contributed by atoms with E-state index >= 15 is 0 Å². The Balaban J connectivity index is 3.59. The summed E-state index contributed by atoms with van der Waals surface area (Å²) in [6.45, 7) is 3.02. The zero-order valence-electron chi connectivity index (χ0n) is 9.92. The van der Waals surface area contributed by atoms with E-state index in [1.54, 1.807) is 0 Å². The third-order valence-corrected chi connectivity index (χ3v) is 3.38. The second-order valence-electron chi connectivity index (χ2n) is 3.43. The molecule has 6 nitrogen and oxygen atoms in total. The second kappa shape index (κ2) is 7.85. The predicted octanol–water partition coefficient (Wildman–Crippen LogP) is 0.537. The van der Waals surface area contributed by atoms with E-state index in [1.807, 2.05) is 0 Å². The molecule has 0 N–H and O–H groups in total. The number of rotatable bonds is 9. The molecule has 0 bridgehead atoms. The smallest absolute Gasteiger partial charge is 0.270 e. The van der Waals surface area contributed by atoms with Gasteiger partial charge in [0, 0.05) is 13.3 Å². The quantitative estimate of drug-likeness (QED) is 0.266. The van der Waals surface area contributed by atoms with Gasteiger partial charge in [-0.05, 0) is 0 Å². The van der Waals surface area contributed by atoms with Crippen molar-refractivity contribution in [2.24, 2.45) is 0 Å². The van der Waals surface area contributed by atoms with Gasteiger partial charge in [0.1, 0.15) is 6.61 Å². The van der Waals surface area contributed by atoms with Crippen molar-refractivity contribution in [1.82, 2.24) is 0 Å². The molecule has 8 heteroatoms. The molecule has 0 spiro atoms. The number of ether oxygens (including phenoxy) is 1. The van der Waals surface area contributed by atoms with Crippen LogP contribution in [0.4, 0.5) is 0 Å². The van der Waals surface area contributed by atoms with E-state index in [-0.39, 0.29) is 32.2 Å². The highest BCUT2D eigenvalue weighted by atomic mass is 32.2. The highest BCUT2D eigenvalue weighted by molar-refractivity contribution is 7.86. The standard InChI is InChI=1S/C9H17O6PS/c1-4-5-15-17(11,12)9-8-13-6-7-14-16(2,3)10/h1H,5-9H2,2-3H3. The highest BCUT2D eigenvalue weighted by Crippen LogP contribution is 2.36. The zero-order chi connectivity index (χ0) is 13.4. The lowest BCUT2D eigenvalue weighted by Crippen LogP contribution is -2.16. The van der Waals surface area contributed by atoms with Gasteiger partial charge in [-0.25, -0.2) is 0 Å².